The van der Waals surface area contributed by atoms with Gasteiger partial charge in [-0.3, -0.25) is 9.48 Å². The lowest BCUT2D eigenvalue weighted by Gasteiger charge is -2.08. The molecule has 0 spiro atoms. The van der Waals surface area contributed by atoms with Gasteiger partial charge in [-0.2, -0.15) is 5.10 Å². The summed E-state index contributed by atoms with van der Waals surface area (Å²) in [5.41, 5.74) is 0.830. The van der Waals surface area contributed by atoms with E-state index in [1.807, 2.05) is 29.9 Å². The minimum atomic E-state index is 0.00127. The van der Waals surface area contributed by atoms with Gasteiger partial charge in [0.2, 0.25) is 5.78 Å². The molecule has 2 heterocycles. The van der Waals surface area contributed by atoms with E-state index in [0.717, 1.165) is 17.9 Å². The molecule has 0 bridgehead atoms. The largest absolute Gasteiger partial charge is 0.458 e. The molecule has 0 amide bonds. The van der Waals surface area contributed by atoms with Gasteiger partial charge < -0.3 is 4.42 Å². The molecular formula is C16H20N2O2. The maximum absolute atomic E-state index is 12.1. The number of Topliss-reactive ketones (excluding diaryl/α,β-unsaturated/α-hetero) is 1. The summed E-state index contributed by atoms with van der Waals surface area (Å²) in [6, 6.07) is 6.09. The van der Waals surface area contributed by atoms with Crippen molar-refractivity contribution >= 4 is 5.78 Å². The van der Waals surface area contributed by atoms with Crippen LogP contribution in [0.2, 0.25) is 0 Å². The van der Waals surface area contributed by atoms with E-state index in [-0.39, 0.29) is 5.78 Å². The Balaban J connectivity index is 1.66. The van der Waals surface area contributed by atoms with Gasteiger partial charge in [-0.1, -0.05) is 19.8 Å². The molecular weight excluding hydrogens is 252 g/mol. The summed E-state index contributed by atoms with van der Waals surface area (Å²) in [5, 5.41) is 4.54. The zero-order valence-corrected chi connectivity index (χ0v) is 11.8. The molecule has 1 aliphatic carbocycles. The zero-order chi connectivity index (χ0) is 13.9. The Morgan fingerprint density at radius 2 is 2.15 bits per heavy atom. The lowest BCUT2D eigenvalue weighted by Crippen LogP contribution is -2.07. The minimum Gasteiger partial charge on any atom is -0.458 e. The number of furan rings is 1. The van der Waals surface area contributed by atoms with Crippen LogP contribution in [-0.2, 0) is 12.8 Å². The summed E-state index contributed by atoms with van der Waals surface area (Å²) in [4.78, 5) is 12.1. The van der Waals surface area contributed by atoms with E-state index in [1.165, 1.54) is 25.7 Å². The van der Waals surface area contributed by atoms with Gasteiger partial charge >= 0.3 is 0 Å². The fraction of sp³-hybridized carbons (Fsp3) is 0.500. The van der Waals surface area contributed by atoms with Crippen LogP contribution in [0.1, 0.15) is 60.7 Å². The van der Waals surface area contributed by atoms with Gasteiger partial charge in [-0.25, -0.2) is 0 Å². The highest BCUT2D eigenvalue weighted by Crippen LogP contribution is 2.28. The van der Waals surface area contributed by atoms with Crippen molar-refractivity contribution in [3.8, 4) is 0 Å². The molecule has 3 rings (SSSR count). The molecule has 0 N–H and O–H groups in total. The van der Waals surface area contributed by atoms with E-state index < -0.39 is 0 Å². The fourth-order valence-corrected chi connectivity index (χ4v) is 2.81. The summed E-state index contributed by atoms with van der Waals surface area (Å²) < 4.78 is 7.51. The summed E-state index contributed by atoms with van der Waals surface area (Å²) in [6.07, 6.45) is 8.09. The second-order valence-electron chi connectivity index (χ2n) is 5.44. The minimum absolute atomic E-state index is 0.00127. The Hall–Kier alpha value is -1.84. The normalized spacial score (nSPS) is 15.8. The maximum Gasteiger partial charge on any atom is 0.203 e. The van der Waals surface area contributed by atoms with Crippen molar-refractivity contribution in [2.24, 2.45) is 0 Å². The summed E-state index contributed by atoms with van der Waals surface area (Å²) >= 11 is 0. The molecule has 4 nitrogen and oxygen atoms in total. The molecule has 0 aliphatic heterocycles. The van der Waals surface area contributed by atoms with Crippen LogP contribution in [0.3, 0.4) is 0 Å². The number of carbonyl (C=O) groups is 1. The molecule has 2 aromatic rings. The third-order valence-electron chi connectivity index (χ3n) is 3.99. The molecule has 0 aromatic carbocycles. The lowest BCUT2D eigenvalue weighted by atomic mass is 10.2. The lowest BCUT2D eigenvalue weighted by molar-refractivity contribution is 0.0963. The predicted molar refractivity (Wildman–Crippen MR) is 75.9 cm³/mol. The van der Waals surface area contributed by atoms with Crippen LogP contribution in [0, 0.1) is 0 Å². The average molecular weight is 272 g/mol. The highest BCUT2D eigenvalue weighted by atomic mass is 16.3. The second kappa shape index (κ2) is 5.65. The number of nitrogens with zero attached hydrogens (tertiary/aromatic N) is 2. The van der Waals surface area contributed by atoms with E-state index in [0.29, 0.717) is 18.2 Å². The Morgan fingerprint density at radius 3 is 2.85 bits per heavy atom. The van der Waals surface area contributed by atoms with E-state index in [9.17, 15) is 4.79 Å². The highest BCUT2D eigenvalue weighted by Gasteiger charge is 2.19. The Kier molecular flexibility index (Phi) is 3.72. The summed E-state index contributed by atoms with van der Waals surface area (Å²) in [7, 11) is 0. The van der Waals surface area contributed by atoms with Crippen molar-refractivity contribution in [1.29, 1.82) is 0 Å². The van der Waals surface area contributed by atoms with E-state index >= 15 is 0 Å². The van der Waals surface area contributed by atoms with Crippen molar-refractivity contribution in [1.82, 2.24) is 9.78 Å². The number of rotatable bonds is 5. The van der Waals surface area contributed by atoms with Gasteiger partial charge in [-0.15, -0.1) is 0 Å². The number of hydrogen-bond acceptors (Lipinski definition) is 3. The van der Waals surface area contributed by atoms with E-state index in [4.69, 9.17) is 4.42 Å². The highest BCUT2D eigenvalue weighted by molar-refractivity contribution is 5.94. The second-order valence-corrected chi connectivity index (χ2v) is 5.44. The first-order chi connectivity index (χ1) is 9.76. The van der Waals surface area contributed by atoms with Crippen LogP contribution in [0.15, 0.2) is 28.8 Å². The first kappa shape index (κ1) is 13.2. The quantitative estimate of drug-likeness (QED) is 0.782. The van der Waals surface area contributed by atoms with Crippen LogP contribution >= 0.6 is 0 Å². The SMILES string of the molecule is CCc1ccc(C(=O)Cc2ccn(C3CCCC3)n2)o1. The third kappa shape index (κ3) is 2.69. The predicted octanol–water partition coefficient (Wildman–Crippen LogP) is 3.58. The molecule has 0 radical (unpaired) electrons. The van der Waals surface area contributed by atoms with Gasteiger partial charge in [0.25, 0.3) is 0 Å². The Bertz CT molecular complexity index is 591. The molecule has 106 valence electrons. The van der Waals surface area contributed by atoms with Crippen molar-refractivity contribution < 1.29 is 9.21 Å². The van der Waals surface area contributed by atoms with Crippen LogP contribution in [-0.4, -0.2) is 15.6 Å². The van der Waals surface area contributed by atoms with Crippen molar-refractivity contribution in [2.75, 3.05) is 0 Å². The first-order valence-corrected chi connectivity index (χ1v) is 7.42. The molecule has 1 saturated carbocycles. The first-order valence-electron chi connectivity index (χ1n) is 7.42. The van der Waals surface area contributed by atoms with Crippen molar-refractivity contribution in [3.63, 3.8) is 0 Å². The molecule has 0 saturated heterocycles. The number of hydrogen-bond donors (Lipinski definition) is 0. The van der Waals surface area contributed by atoms with Gasteiger partial charge in [0.05, 0.1) is 18.2 Å². The maximum atomic E-state index is 12.1. The van der Waals surface area contributed by atoms with E-state index in [1.54, 1.807) is 6.07 Å². The Morgan fingerprint density at radius 1 is 1.35 bits per heavy atom. The number of carbonyl (C=O) groups excluding carboxylic acids is 1. The number of aryl methyl sites for hydroxylation is 1. The smallest absolute Gasteiger partial charge is 0.203 e. The summed E-state index contributed by atoms with van der Waals surface area (Å²) in [6.45, 7) is 2.01. The summed E-state index contributed by atoms with van der Waals surface area (Å²) in [5.74, 6) is 1.29. The molecule has 1 aliphatic rings. The monoisotopic (exact) mass is 272 g/mol. The van der Waals surface area contributed by atoms with Crippen molar-refractivity contribution in [2.45, 2.75) is 51.5 Å². The van der Waals surface area contributed by atoms with Gasteiger partial charge in [0, 0.05) is 12.6 Å². The van der Waals surface area contributed by atoms with Crippen LogP contribution in [0.25, 0.3) is 0 Å². The van der Waals surface area contributed by atoms with Crippen LogP contribution < -0.4 is 0 Å². The third-order valence-corrected chi connectivity index (χ3v) is 3.99. The van der Waals surface area contributed by atoms with Gasteiger partial charge in [0.1, 0.15) is 5.76 Å². The molecule has 2 aromatic heterocycles. The molecule has 4 heteroatoms. The Labute approximate surface area is 118 Å². The van der Waals surface area contributed by atoms with E-state index in [2.05, 4.69) is 5.10 Å². The molecule has 0 unspecified atom stereocenters. The topological polar surface area (TPSA) is 48.0 Å². The zero-order valence-electron chi connectivity index (χ0n) is 11.8. The van der Waals surface area contributed by atoms with Crippen LogP contribution in [0.4, 0.5) is 0 Å². The van der Waals surface area contributed by atoms with Gasteiger partial charge in [-0.05, 0) is 31.0 Å². The molecule has 20 heavy (non-hydrogen) atoms. The van der Waals surface area contributed by atoms with Crippen LogP contribution in [0.5, 0.6) is 0 Å². The van der Waals surface area contributed by atoms with Crippen molar-refractivity contribution in [3.05, 3.63) is 41.6 Å². The molecule has 1 fully saturated rings. The fourth-order valence-electron chi connectivity index (χ4n) is 2.81. The standard InChI is InChI=1S/C16H20N2O2/c1-2-14-7-8-16(20-14)15(19)11-12-9-10-18(17-12)13-5-3-4-6-13/h7-10,13H,2-6,11H2,1H3. The average Bonchev–Trinajstić information content (AvgIpc) is 3.19. The molecule has 0 atom stereocenters. The number of ketones is 1. The van der Waals surface area contributed by atoms with Gasteiger partial charge in [0.15, 0.2) is 5.76 Å². The number of aromatic nitrogens is 2.